The molecule has 10 rings (SSSR count). The van der Waals surface area contributed by atoms with E-state index in [4.69, 9.17) is 16.8 Å². The maximum atomic E-state index is 9.58. The van der Waals surface area contributed by atoms with Crippen molar-refractivity contribution in [1.29, 1.82) is 0 Å². The standard InChI is InChI=1S/C50H34O/c1-3-12-33(13-4-1)29-46-41-16-7-9-18-43(41)47(44-19-10-8-17-42(44)46)30-34-22-23-37-31-39(25-24-36(37)28-34)40-20-11-21-45-48-32-38(35-14-5-2-6-15-35)26-27-49(48)51-50(40)45/h1-28,31-32H,29-30H2/i1D,3D,4D,7D,8D,9D,10D,12D,13D,16D,17D,18D,19D,22D,23D,24D,25D,28D,31D. The van der Waals surface area contributed by atoms with Crippen molar-refractivity contribution in [2.45, 2.75) is 12.8 Å². The van der Waals surface area contributed by atoms with Crippen molar-refractivity contribution in [1.82, 2.24) is 0 Å². The normalized spacial score (nSPS) is 16.9. The van der Waals surface area contributed by atoms with E-state index in [-0.39, 0.29) is 65.7 Å². The molecule has 240 valence electrons. The number of furan rings is 1. The molecule has 1 aromatic heterocycles. The molecule has 1 heterocycles. The van der Waals surface area contributed by atoms with E-state index >= 15 is 0 Å². The molecular weight excluding hydrogens is 617 g/mol. The first kappa shape index (κ1) is 16.1. The first-order valence-electron chi connectivity index (χ1n) is 25.7. The Morgan fingerprint density at radius 1 is 0.431 bits per heavy atom. The summed E-state index contributed by atoms with van der Waals surface area (Å²) >= 11 is 0. The summed E-state index contributed by atoms with van der Waals surface area (Å²) in [5.74, 6) is 0. The van der Waals surface area contributed by atoms with E-state index in [2.05, 4.69) is 0 Å². The quantitative estimate of drug-likeness (QED) is 0.161. The van der Waals surface area contributed by atoms with Gasteiger partial charge in [-0.05, 0) is 102 Å². The van der Waals surface area contributed by atoms with Gasteiger partial charge in [0.15, 0.2) is 0 Å². The highest BCUT2D eigenvalue weighted by Crippen LogP contribution is 2.39. The number of hydrogen-bond donors (Lipinski definition) is 0. The van der Waals surface area contributed by atoms with E-state index in [1.54, 1.807) is 12.1 Å². The predicted octanol–water partition coefficient (Wildman–Crippen LogP) is 13.6. The summed E-state index contributed by atoms with van der Waals surface area (Å²) in [6.07, 6.45) is -1.33. The molecule has 1 nitrogen and oxygen atoms in total. The van der Waals surface area contributed by atoms with Crippen LogP contribution in [0.1, 0.15) is 48.3 Å². The lowest BCUT2D eigenvalue weighted by atomic mass is 9.86. The lowest BCUT2D eigenvalue weighted by Crippen LogP contribution is -1.98. The van der Waals surface area contributed by atoms with Crippen LogP contribution in [-0.2, 0) is 12.8 Å². The van der Waals surface area contributed by atoms with Gasteiger partial charge >= 0.3 is 0 Å². The molecule has 0 spiro atoms. The molecular formula is C50H34O. The van der Waals surface area contributed by atoms with Crippen LogP contribution in [0.15, 0.2) is 186 Å². The molecule has 10 aromatic rings. The third-order valence-corrected chi connectivity index (χ3v) is 9.14. The maximum Gasteiger partial charge on any atom is 0.143 e. The van der Waals surface area contributed by atoms with Crippen LogP contribution in [0.5, 0.6) is 0 Å². The van der Waals surface area contributed by atoms with Crippen LogP contribution in [0.3, 0.4) is 0 Å². The Kier molecular flexibility index (Phi) is 3.83. The molecule has 0 atom stereocenters. The molecule has 0 unspecified atom stereocenters. The monoisotopic (exact) mass is 669 g/mol. The molecule has 0 aliphatic carbocycles. The highest BCUT2D eigenvalue weighted by atomic mass is 16.3. The molecule has 9 aromatic carbocycles. The second-order valence-electron chi connectivity index (χ2n) is 12.1. The summed E-state index contributed by atoms with van der Waals surface area (Å²) in [6.45, 7) is 0. The van der Waals surface area contributed by atoms with Gasteiger partial charge in [-0.15, -0.1) is 0 Å². The highest BCUT2D eigenvalue weighted by molar-refractivity contribution is 6.11. The van der Waals surface area contributed by atoms with Crippen LogP contribution in [0.2, 0.25) is 0 Å². The first-order chi connectivity index (χ1) is 33.2. The maximum absolute atomic E-state index is 9.58. The number of rotatable bonds is 6. The zero-order valence-electron chi connectivity index (χ0n) is 45.7. The SMILES string of the molecule is [2H]c1c([2H])c([2H])c(Cc2c3c([2H])c([2H])c([2H])c([2H])c3c(Cc3c([2H])c([2H])c4c([2H])c(-c5cccc6c5oc5ccc(-c7ccccc7)cc56)c([2H])c([2H])c4c3[2H])c3c([2H])c([2H])c([2H])c([2H])c23)c([2H])c1[2H]. The molecule has 0 saturated heterocycles. The van der Waals surface area contributed by atoms with Crippen molar-refractivity contribution in [2.75, 3.05) is 0 Å². The van der Waals surface area contributed by atoms with Gasteiger partial charge in [-0.25, -0.2) is 0 Å². The smallest absolute Gasteiger partial charge is 0.143 e. The van der Waals surface area contributed by atoms with E-state index in [0.29, 0.717) is 16.6 Å². The van der Waals surface area contributed by atoms with Gasteiger partial charge in [0.25, 0.3) is 0 Å². The molecule has 1 heteroatoms. The van der Waals surface area contributed by atoms with Crippen LogP contribution in [0.4, 0.5) is 0 Å². The lowest BCUT2D eigenvalue weighted by molar-refractivity contribution is 0.670. The van der Waals surface area contributed by atoms with E-state index in [1.807, 2.05) is 54.6 Å². The van der Waals surface area contributed by atoms with Crippen molar-refractivity contribution in [3.8, 4) is 22.3 Å². The van der Waals surface area contributed by atoms with Crippen molar-refractivity contribution in [3.63, 3.8) is 0 Å². The molecule has 51 heavy (non-hydrogen) atoms. The molecule has 0 bridgehead atoms. The predicted molar refractivity (Wildman–Crippen MR) is 216 cm³/mol. The van der Waals surface area contributed by atoms with Gasteiger partial charge in [0.05, 0.1) is 26.0 Å². The van der Waals surface area contributed by atoms with Crippen LogP contribution in [0, 0.1) is 0 Å². The summed E-state index contributed by atoms with van der Waals surface area (Å²) in [5, 5.41) is -0.444. The molecule has 0 saturated carbocycles. The van der Waals surface area contributed by atoms with Crippen LogP contribution < -0.4 is 0 Å². The second-order valence-corrected chi connectivity index (χ2v) is 12.1. The van der Waals surface area contributed by atoms with E-state index in [9.17, 15) is 13.7 Å². The summed E-state index contributed by atoms with van der Waals surface area (Å²) in [4.78, 5) is 0. The minimum absolute atomic E-state index is 0.0795. The number of benzene rings is 9. The molecule has 0 radical (unpaired) electrons. The average Bonchev–Trinajstić information content (AvgIpc) is 3.74. The zero-order valence-corrected chi connectivity index (χ0v) is 26.7. The highest BCUT2D eigenvalue weighted by Gasteiger charge is 2.16. The second kappa shape index (κ2) is 12.2. The lowest BCUT2D eigenvalue weighted by Gasteiger charge is -2.17. The van der Waals surface area contributed by atoms with Gasteiger partial charge in [-0.2, -0.15) is 0 Å². The number of hydrogen-bond acceptors (Lipinski definition) is 1. The largest absolute Gasteiger partial charge is 0.455 e. The van der Waals surface area contributed by atoms with Crippen molar-refractivity contribution in [3.05, 3.63) is 204 Å². The van der Waals surface area contributed by atoms with E-state index < -0.39 is 128 Å². The van der Waals surface area contributed by atoms with Crippen molar-refractivity contribution >= 4 is 54.3 Å². The summed E-state index contributed by atoms with van der Waals surface area (Å²) in [5.41, 5.74) is 1.90. The van der Waals surface area contributed by atoms with Gasteiger partial charge in [-0.3, -0.25) is 0 Å². The number of fused-ring (bicyclic) bond motifs is 6. The molecule has 0 aliphatic rings. The molecule has 0 aliphatic heterocycles. The Hall–Kier alpha value is -6.44. The van der Waals surface area contributed by atoms with Gasteiger partial charge in [0.1, 0.15) is 11.2 Å². The van der Waals surface area contributed by atoms with Gasteiger partial charge < -0.3 is 4.42 Å². The fraction of sp³-hybridized carbons (Fsp3) is 0.0400. The summed E-state index contributed by atoms with van der Waals surface area (Å²) < 4.78 is 177. The fourth-order valence-electron chi connectivity index (χ4n) is 6.79. The van der Waals surface area contributed by atoms with Gasteiger partial charge in [0, 0.05) is 16.3 Å². The first-order valence-corrected chi connectivity index (χ1v) is 16.2. The Balaban J connectivity index is 1.24. The van der Waals surface area contributed by atoms with Crippen LogP contribution in [0.25, 0.3) is 76.5 Å². The average molecular weight is 670 g/mol. The minimum atomic E-state index is -0.751. The van der Waals surface area contributed by atoms with Gasteiger partial charge in [-0.1, -0.05) is 163 Å². The topological polar surface area (TPSA) is 13.1 Å². The molecule has 0 fully saturated rings. The Bertz CT molecular complexity index is 3880. The summed E-state index contributed by atoms with van der Waals surface area (Å²) in [6, 6.07) is 8.22. The van der Waals surface area contributed by atoms with E-state index in [1.165, 1.54) is 0 Å². The minimum Gasteiger partial charge on any atom is -0.455 e. The van der Waals surface area contributed by atoms with E-state index in [0.717, 1.165) is 16.5 Å². The van der Waals surface area contributed by atoms with Crippen LogP contribution in [-0.4, -0.2) is 0 Å². The van der Waals surface area contributed by atoms with Crippen LogP contribution >= 0.6 is 0 Å². The fourth-order valence-corrected chi connectivity index (χ4v) is 6.79. The zero-order chi connectivity index (χ0) is 50.3. The Morgan fingerprint density at radius 2 is 1.08 bits per heavy atom. The van der Waals surface area contributed by atoms with Gasteiger partial charge in [0.2, 0.25) is 0 Å². The number of para-hydroxylation sites is 1. The van der Waals surface area contributed by atoms with Crippen molar-refractivity contribution < 1.29 is 30.5 Å². The third-order valence-electron chi connectivity index (χ3n) is 9.14. The molecule has 0 amide bonds. The third kappa shape index (κ3) is 5.18. The summed E-state index contributed by atoms with van der Waals surface area (Å²) in [7, 11) is 0. The Labute approximate surface area is 323 Å². The Morgan fingerprint density at radius 3 is 1.80 bits per heavy atom. The van der Waals surface area contributed by atoms with Crippen molar-refractivity contribution in [2.24, 2.45) is 0 Å². The molecule has 0 N–H and O–H groups in total.